The Morgan fingerprint density at radius 1 is 1.28 bits per heavy atom. The number of piperidine rings is 1. The molecule has 1 saturated heterocycles. The predicted molar refractivity (Wildman–Crippen MR) is 120 cm³/mol. The van der Waals surface area contributed by atoms with E-state index in [0.29, 0.717) is 31.1 Å². The van der Waals surface area contributed by atoms with E-state index in [1.165, 1.54) is 0 Å². The lowest BCUT2D eigenvalue weighted by molar-refractivity contribution is -0.131. The van der Waals surface area contributed by atoms with Crippen LogP contribution in [0.25, 0.3) is 11.0 Å². The predicted octanol–water partition coefficient (Wildman–Crippen LogP) is 3.86. The first-order chi connectivity index (χ1) is 14.0. The second-order valence-electron chi connectivity index (χ2n) is 7.63. The molecule has 2 aliphatic heterocycles. The molecule has 0 saturated carbocycles. The van der Waals surface area contributed by atoms with E-state index in [0.717, 1.165) is 52.9 Å². The van der Waals surface area contributed by atoms with Gasteiger partial charge in [0.25, 0.3) is 5.91 Å². The lowest BCUT2D eigenvalue weighted by Crippen LogP contribution is -2.44. The first-order valence-corrected chi connectivity index (χ1v) is 11.1. The molecule has 4 rings (SSSR count). The van der Waals surface area contributed by atoms with Gasteiger partial charge in [-0.2, -0.15) is 0 Å². The number of nitrogens with zero attached hydrogens (tertiary/aromatic N) is 4. The summed E-state index contributed by atoms with van der Waals surface area (Å²) in [7, 11) is 0. The second-order valence-corrected chi connectivity index (χ2v) is 9.19. The third-order valence-corrected chi connectivity index (χ3v) is 5.98. The molecule has 1 N–H and O–H groups in total. The van der Waals surface area contributed by atoms with Crippen LogP contribution in [-0.4, -0.2) is 62.4 Å². The van der Waals surface area contributed by atoms with E-state index >= 15 is 0 Å². The molecule has 3 heterocycles. The summed E-state index contributed by atoms with van der Waals surface area (Å²) in [6.45, 7) is 5.84. The Bertz CT molecular complexity index is 956. The van der Waals surface area contributed by atoms with Gasteiger partial charge in [-0.1, -0.05) is 17.3 Å². The summed E-state index contributed by atoms with van der Waals surface area (Å²) in [5.41, 5.74) is 2.42. The van der Waals surface area contributed by atoms with Crippen LogP contribution in [0.3, 0.4) is 0 Å². The zero-order chi connectivity index (χ0) is 20.4. The van der Waals surface area contributed by atoms with Crippen molar-refractivity contribution >= 4 is 43.2 Å². The molecule has 7 nitrogen and oxygen atoms in total. The monoisotopic (exact) mass is 508 g/mol. The molecule has 1 aromatic heterocycles. The maximum Gasteiger partial charge on any atom is 0.290 e. The van der Waals surface area contributed by atoms with E-state index in [2.05, 4.69) is 43.7 Å². The minimum Gasteiger partial charge on any atom is -0.502 e. The van der Waals surface area contributed by atoms with Crippen LogP contribution in [0.1, 0.15) is 37.8 Å². The molecule has 0 aliphatic carbocycles. The van der Waals surface area contributed by atoms with Crippen molar-refractivity contribution in [2.75, 3.05) is 32.7 Å². The molecule has 154 valence electrons. The lowest BCUT2D eigenvalue weighted by Gasteiger charge is -2.34. The van der Waals surface area contributed by atoms with Crippen LogP contribution < -0.4 is 0 Å². The van der Waals surface area contributed by atoms with Crippen LogP contribution in [0.4, 0.5) is 0 Å². The number of aliphatic imine (C=N–C) groups is 1. The lowest BCUT2D eigenvalue weighted by atomic mass is 9.91. The average molecular weight is 508 g/mol. The molecule has 1 fully saturated rings. The Morgan fingerprint density at radius 2 is 2.03 bits per heavy atom. The van der Waals surface area contributed by atoms with Crippen LogP contribution in [0.5, 0.6) is 0 Å². The van der Waals surface area contributed by atoms with Gasteiger partial charge >= 0.3 is 0 Å². The number of amides is 1. The number of halogens is 1. The van der Waals surface area contributed by atoms with Crippen molar-refractivity contribution in [1.82, 2.24) is 15.0 Å². The van der Waals surface area contributed by atoms with Crippen LogP contribution in [0, 0.1) is 0 Å². The largest absolute Gasteiger partial charge is 0.502 e. The van der Waals surface area contributed by atoms with E-state index in [4.69, 9.17) is 4.52 Å². The average Bonchev–Trinajstić information content (AvgIpc) is 3.15. The van der Waals surface area contributed by atoms with Crippen molar-refractivity contribution in [3.63, 3.8) is 0 Å². The van der Waals surface area contributed by atoms with Gasteiger partial charge in [0.15, 0.2) is 5.58 Å². The van der Waals surface area contributed by atoms with Crippen molar-refractivity contribution in [2.45, 2.75) is 32.1 Å². The molecule has 8 heteroatoms. The fraction of sp³-hybridized carbons (Fsp3) is 0.476. The molecule has 0 unspecified atom stereocenters. The smallest absolute Gasteiger partial charge is 0.290 e. The van der Waals surface area contributed by atoms with E-state index in [1.807, 2.05) is 25.1 Å². The number of para-hydroxylation sites is 1. The Hall–Kier alpha value is -1.94. The Balaban J connectivity index is 1.30. The summed E-state index contributed by atoms with van der Waals surface area (Å²) >= 11 is 2.09. The van der Waals surface area contributed by atoms with Gasteiger partial charge in [0.05, 0.1) is 15.1 Å². The van der Waals surface area contributed by atoms with Gasteiger partial charge in [0.2, 0.25) is 5.76 Å². The van der Waals surface area contributed by atoms with Gasteiger partial charge in [-0.15, -0.1) is 0 Å². The van der Waals surface area contributed by atoms with Crippen LogP contribution in [0.15, 0.2) is 45.2 Å². The number of carbonyl (C=O) groups excluding carboxylic acids is 1. The van der Waals surface area contributed by atoms with E-state index in [1.54, 1.807) is 4.90 Å². The quantitative estimate of drug-likeness (QED) is 0.490. The fourth-order valence-corrected chi connectivity index (χ4v) is 4.43. The van der Waals surface area contributed by atoms with Crippen molar-refractivity contribution in [1.29, 1.82) is 0 Å². The normalized spacial score (nSPS) is 20.1. The van der Waals surface area contributed by atoms with Gasteiger partial charge in [-0.05, 0) is 67.6 Å². The maximum absolute atomic E-state index is 12.4. The third kappa shape index (κ3) is 4.48. The SMILES string of the molecule is C/C(I)=N/C1=C(O)C(=O)N(CCN2CCC(c3noc4ccccc34)CC2)CC1. The second kappa shape index (κ2) is 8.83. The highest BCUT2D eigenvalue weighted by Gasteiger charge is 2.29. The molecule has 29 heavy (non-hydrogen) atoms. The summed E-state index contributed by atoms with van der Waals surface area (Å²) in [5, 5.41) is 15.6. The Kier molecular flexibility index (Phi) is 6.19. The highest BCUT2D eigenvalue weighted by molar-refractivity contribution is 14.1. The zero-order valence-corrected chi connectivity index (χ0v) is 18.6. The molecule has 0 bridgehead atoms. The topological polar surface area (TPSA) is 82.2 Å². The van der Waals surface area contributed by atoms with E-state index in [-0.39, 0.29) is 11.7 Å². The van der Waals surface area contributed by atoms with Gasteiger partial charge in [-0.3, -0.25) is 4.79 Å². The summed E-state index contributed by atoms with van der Waals surface area (Å²) in [5.74, 6) is -0.101. The number of aliphatic hydroxyl groups is 1. The van der Waals surface area contributed by atoms with Crippen LogP contribution in [-0.2, 0) is 4.79 Å². The van der Waals surface area contributed by atoms with Crippen molar-refractivity contribution in [3.05, 3.63) is 41.4 Å². The van der Waals surface area contributed by atoms with E-state index in [9.17, 15) is 9.90 Å². The molecular formula is C21H25IN4O3. The summed E-state index contributed by atoms with van der Waals surface area (Å²) in [6.07, 6.45) is 2.66. The molecule has 1 aromatic carbocycles. The molecule has 0 radical (unpaired) electrons. The van der Waals surface area contributed by atoms with Crippen molar-refractivity contribution in [3.8, 4) is 0 Å². The summed E-state index contributed by atoms with van der Waals surface area (Å²) < 4.78 is 6.28. The van der Waals surface area contributed by atoms with Gasteiger partial charge < -0.3 is 19.4 Å². The number of fused-ring (bicyclic) bond motifs is 1. The number of carbonyl (C=O) groups is 1. The maximum atomic E-state index is 12.4. The van der Waals surface area contributed by atoms with Gasteiger partial charge in [0.1, 0.15) is 0 Å². The van der Waals surface area contributed by atoms with Crippen LogP contribution >= 0.6 is 22.6 Å². The van der Waals surface area contributed by atoms with E-state index < -0.39 is 0 Å². The molecule has 0 spiro atoms. The number of hydrogen-bond acceptors (Lipinski definition) is 6. The minimum absolute atomic E-state index is 0.205. The Morgan fingerprint density at radius 3 is 2.79 bits per heavy atom. The fourth-order valence-electron chi connectivity index (χ4n) is 4.13. The number of aliphatic hydroxyl groups excluding tert-OH is 1. The van der Waals surface area contributed by atoms with Gasteiger partial charge in [0, 0.05) is 37.4 Å². The number of benzene rings is 1. The zero-order valence-electron chi connectivity index (χ0n) is 16.5. The van der Waals surface area contributed by atoms with Crippen molar-refractivity contribution in [2.24, 2.45) is 4.99 Å². The minimum atomic E-state index is -0.309. The molecule has 1 amide bonds. The number of likely N-dealkylation sites (tertiary alicyclic amines) is 1. The molecule has 2 aromatic rings. The summed E-state index contributed by atoms with van der Waals surface area (Å²) in [6, 6.07) is 8.02. The first kappa shape index (κ1) is 20.3. The molecule has 0 atom stereocenters. The number of rotatable bonds is 5. The highest BCUT2D eigenvalue weighted by Crippen LogP contribution is 2.32. The number of aromatic nitrogens is 1. The third-order valence-electron chi connectivity index (χ3n) is 5.74. The Labute approximate surface area is 183 Å². The van der Waals surface area contributed by atoms with Crippen molar-refractivity contribution < 1.29 is 14.4 Å². The highest BCUT2D eigenvalue weighted by atomic mass is 127. The summed E-state index contributed by atoms with van der Waals surface area (Å²) in [4.78, 5) is 20.8. The van der Waals surface area contributed by atoms with Crippen LogP contribution in [0.2, 0.25) is 0 Å². The first-order valence-electron chi connectivity index (χ1n) is 10.0. The molecule has 2 aliphatic rings. The number of hydrogen-bond donors (Lipinski definition) is 1. The molecular weight excluding hydrogens is 483 g/mol. The van der Waals surface area contributed by atoms with Gasteiger partial charge in [-0.25, -0.2) is 4.99 Å². The standard InChI is InChI=1S/C21H25IN4O3/c1-14(22)23-17-8-11-26(21(28)20(17)27)13-12-25-9-6-15(7-10-25)19-16-4-2-3-5-18(16)29-24-19/h2-5,15,27H,6-13H2,1H3/b23-14-.